The monoisotopic (exact) mass is 1110 g/mol. The van der Waals surface area contributed by atoms with Crippen molar-refractivity contribution in [2.45, 2.75) is 309 Å². The molecule has 1 fully saturated rings. The van der Waals surface area contributed by atoms with Crippen LogP contribution in [0.25, 0.3) is 0 Å². The molecule has 1 saturated heterocycles. The first-order chi connectivity index (χ1) is 37.2. The Labute approximate surface area is 480 Å². The zero-order valence-corrected chi connectivity index (χ0v) is 52.5. The molecule has 0 aromatic carbocycles. The van der Waals surface area contributed by atoms with Crippen LogP contribution in [0.2, 0.25) is 0 Å². The van der Waals surface area contributed by atoms with Crippen LogP contribution in [0.5, 0.6) is 0 Å². The maximum atomic E-state index is 12.8. The van der Waals surface area contributed by atoms with E-state index in [0.717, 1.165) is 134 Å². The summed E-state index contributed by atoms with van der Waals surface area (Å²) in [7, 11) is 3.94. The summed E-state index contributed by atoms with van der Waals surface area (Å²) in [5, 5.41) is 44.0. The number of rotatable bonds is 60. The van der Waals surface area contributed by atoms with Crippen LogP contribution in [0.1, 0.15) is 285 Å². The minimum atomic E-state index is -0.376. The molecular formula is C64H130N4O6S2. The van der Waals surface area contributed by atoms with E-state index >= 15 is 0 Å². The predicted octanol–water partition coefficient (Wildman–Crippen LogP) is 15.3. The predicted molar refractivity (Wildman–Crippen MR) is 333 cm³/mol. The van der Waals surface area contributed by atoms with E-state index in [2.05, 4.69) is 47.3 Å². The SMILES string of the molecule is CCCCCCCCCCCCC(O)CN(CCCCC(=O)OCCN1CCN(CCSSCCCN(CC(O)CCCCCCCC)CC(O)CCCCCCCC)CC1)CC(O)CCCCCCCCCCCC. The number of aliphatic hydroxyl groups is 4. The van der Waals surface area contributed by atoms with Gasteiger partial charge in [-0.25, -0.2) is 0 Å². The molecular weight excluding hydrogens is 985 g/mol. The van der Waals surface area contributed by atoms with Crippen LogP contribution < -0.4 is 0 Å². The lowest BCUT2D eigenvalue weighted by Gasteiger charge is -2.34. The number of piperazine rings is 1. The molecule has 454 valence electrons. The summed E-state index contributed by atoms with van der Waals surface area (Å²) in [6, 6.07) is 0. The van der Waals surface area contributed by atoms with E-state index in [9.17, 15) is 25.2 Å². The smallest absolute Gasteiger partial charge is 0.305 e. The molecule has 0 saturated carbocycles. The minimum absolute atomic E-state index is 0.114. The maximum Gasteiger partial charge on any atom is 0.305 e. The lowest BCUT2D eigenvalue weighted by molar-refractivity contribution is -0.144. The fraction of sp³-hybridized carbons (Fsp3) is 0.984. The number of aliphatic hydroxyl groups excluding tert-OH is 4. The zero-order valence-electron chi connectivity index (χ0n) is 50.9. The average molecular weight is 1120 g/mol. The standard InChI is InChI=1S/C64H130N4O6S2/c1-5-9-13-17-21-23-25-27-31-35-42-60(69)56-67(57-61(70)43-36-32-28-26-24-22-18-14-10-6-2)45-38-37-44-64(73)74-53-51-65-47-49-66(50-48-65)52-55-76-75-54-39-46-68(58-62(71)40-33-29-19-15-11-7-3)59-63(72)41-34-30-20-16-12-8-4/h60-63,69-72H,5-59H2,1-4H3. The third-order valence-corrected chi connectivity index (χ3v) is 18.4. The Bertz CT molecular complexity index is 1130. The number of carbonyl (C=O) groups excluding carboxylic acids is 1. The van der Waals surface area contributed by atoms with Gasteiger partial charge in [-0.2, -0.15) is 0 Å². The fourth-order valence-corrected chi connectivity index (χ4v) is 13.1. The van der Waals surface area contributed by atoms with E-state index in [1.807, 2.05) is 21.6 Å². The normalized spacial score (nSPS) is 15.3. The highest BCUT2D eigenvalue weighted by molar-refractivity contribution is 8.76. The topological polar surface area (TPSA) is 120 Å². The third kappa shape index (κ3) is 49.6. The van der Waals surface area contributed by atoms with Crippen molar-refractivity contribution in [3.8, 4) is 0 Å². The molecule has 4 atom stereocenters. The van der Waals surface area contributed by atoms with Gasteiger partial charge in [0, 0.05) is 83.4 Å². The van der Waals surface area contributed by atoms with Gasteiger partial charge in [0.2, 0.25) is 0 Å². The third-order valence-electron chi connectivity index (χ3n) is 16.0. The Morgan fingerprint density at radius 3 is 1.05 bits per heavy atom. The highest BCUT2D eigenvalue weighted by atomic mass is 33.1. The summed E-state index contributed by atoms with van der Waals surface area (Å²) in [5.74, 6) is 2.08. The second kappa shape index (κ2) is 56.7. The first-order valence-electron chi connectivity index (χ1n) is 33.2. The molecule has 0 radical (unpaired) electrons. The van der Waals surface area contributed by atoms with Gasteiger partial charge in [-0.3, -0.25) is 24.4 Å². The van der Waals surface area contributed by atoms with Gasteiger partial charge in [-0.05, 0) is 58.0 Å². The Kier molecular flexibility index (Phi) is 55.1. The molecule has 4 N–H and O–H groups in total. The van der Waals surface area contributed by atoms with E-state index in [1.165, 1.54) is 180 Å². The Hall–Kier alpha value is -0.150. The number of unbranched alkanes of at least 4 members (excludes halogenated alkanes) is 29. The summed E-state index contributed by atoms with van der Waals surface area (Å²) < 4.78 is 5.71. The van der Waals surface area contributed by atoms with Gasteiger partial charge < -0.3 is 25.2 Å². The zero-order chi connectivity index (χ0) is 55.2. The Balaban J connectivity index is 2.34. The highest BCUT2D eigenvalue weighted by Crippen LogP contribution is 2.23. The van der Waals surface area contributed by atoms with Crippen molar-refractivity contribution < 1.29 is 30.0 Å². The largest absolute Gasteiger partial charge is 0.464 e. The number of nitrogens with zero attached hydrogens (tertiary/aromatic N) is 4. The molecule has 1 heterocycles. The van der Waals surface area contributed by atoms with Crippen molar-refractivity contribution in [3.05, 3.63) is 0 Å². The molecule has 0 aromatic heterocycles. The van der Waals surface area contributed by atoms with E-state index in [1.54, 1.807) is 0 Å². The van der Waals surface area contributed by atoms with Gasteiger partial charge in [0.15, 0.2) is 0 Å². The van der Waals surface area contributed by atoms with Crippen molar-refractivity contribution in [1.82, 2.24) is 19.6 Å². The van der Waals surface area contributed by atoms with Crippen molar-refractivity contribution in [2.75, 3.05) is 96.6 Å². The summed E-state index contributed by atoms with van der Waals surface area (Å²) in [4.78, 5) is 22.4. The van der Waals surface area contributed by atoms with Crippen LogP contribution in [0.4, 0.5) is 0 Å². The quantitative estimate of drug-likeness (QED) is 0.0264. The molecule has 1 rings (SSSR count). The van der Waals surface area contributed by atoms with Crippen LogP contribution in [0.15, 0.2) is 0 Å². The molecule has 10 nitrogen and oxygen atoms in total. The Morgan fingerprint density at radius 1 is 0.395 bits per heavy atom. The molecule has 0 amide bonds. The van der Waals surface area contributed by atoms with Gasteiger partial charge in [-0.1, -0.05) is 255 Å². The molecule has 12 heteroatoms. The number of esters is 1. The van der Waals surface area contributed by atoms with Crippen molar-refractivity contribution in [2.24, 2.45) is 0 Å². The molecule has 0 spiro atoms. The molecule has 1 aliphatic heterocycles. The lowest BCUT2D eigenvalue weighted by atomic mass is 10.0. The van der Waals surface area contributed by atoms with Gasteiger partial charge >= 0.3 is 5.97 Å². The van der Waals surface area contributed by atoms with Gasteiger partial charge in [0.25, 0.3) is 0 Å². The molecule has 76 heavy (non-hydrogen) atoms. The Morgan fingerprint density at radius 2 is 0.697 bits per heavy atom. The van der Waals surface area contributed by atoms with Crippen LogP contribution in [0.3, 0.4) is 0 Å². The molecule has 1 aliphatic rings. The van der Waals surface area contributed by atoms with Crippen LogP contribution in [-0.2, 0) is 9.53 Å². The van der Waals surface area contributed by atoms with E-state index in [0.29, 0.717) is 39.2 Å². The van der Waals surface area contributed by atoms with Gasteiger partial charge in [-0.15, -0.1) is 0 Å². The van der Waals surface area contributed by atoms with Gasteiger partial charge in [0.1, 0.15) is 6.61 Å². The summed E-state index contributed by atoms with van der Waals surface area (Å²) in [6.07, 6.45) is 45.9. The van der Waals surface area contributed by atoms with E-state index < -0.39 is 0 Å². The summed E-state index contributed by atoms with van der Waals surface area (Å²) >= 11 is 0. The van der Waals surface area contributed by atoms with Crippen molar-refractivity contribution in [1.29, 1.82) is 0 Å². The second-order valence-corrected chi connectivity index (χ2v) is 26.2. The second-order valence-electron chi connectivity index (χ2n) is 23.5. The number of hydrogen-bond acceptors (Lipinski definition) is 12. The number of carbonyl (C=O) groups is 1. The number of hydrogen-bond donors (Lipinski definition) is 4. The molecule has 0 aliphatic carbocycles. The molecule has 0 aromatic rings. The minimum Gasteiger partial charge on any atom is -0.464 e. The first kappa shape index (κ1) is 73.9. The molecule has 4 unspecified atom stereocenters. The van der Waals surface area contributed by atoms with E-state index in [-0.39, 0.29) is 30.4 Å². The molecule has 0 bridgehead atoms. The van der Waals surface area contributed by atoms with Crippen molar-refractivity contribution in [3.63, 3.8) is 0 Å². The first-order valence-corrected chi connectivity index (χ1v) is 35.7. The van der Waals surface area contributed by atoms with Crippen molar-refractivity contribution >= 4 is 27.6 Å². The summed E-state index contributed by atoms with van der Waals surface area (Å²) in [6.45, 7) is 19.8. The van der Waals surface area contributed by atoms with Gasteiger partial charge in [0.05, 0.1) is 24.4 Å². The van der Waals surface area contributed by atoms with E-state index in [4.69, 9.17) is 4.74 Å². The summed E-state index contributed by atoms with van der Waals surface area (Å²) in [5.41, 5.74) is 0. The maximum absolute atomic E-state index is 12.8. The highest BCUT2D eigenvalue weighted by Gasteiger charge is 2.20. The van der Waals surface area contributed by atoms with Crippen LogP contribution in [-0.4, -0.2) is 167 Å². The fourth-order valence-electron chi connectivity index (χ4n) is 11.0. The van der Waals surface area contributed by atoms with Crippen LogP contribution >= 0.6 is 21.6 Å². The van der Waals surface area contributed by atoms with Crippen LogP contribution in [0, 0.1) is 0 Å². The lowest BCUT2D eigenvalue weighted by Crippen LogP contribution is -2.47. The average Bonchev–Trinajstić information content (AvgIpc) is 3.40. The number of ether oxygens (including phenoxy) is 1.